The molecule has 0 radical (unpaired) electrons. The first-order valence-corrected chi connectivity index (χ1v) is 13.9. The minimum absolute atomic E-state index is 0.113. The van der Waals surface area contributed by atoms with Gasteiger partial charge in [-0.2, -0.15) is 15.0 Å². The van der Waals surface area contributed by atoms with Crippen molar-refractivity contribution >= 4 is 51.0 Å². The highest BCUT2D eigenvalue weighted by Gasteiger charge is 2.53. The van der Waals surface area contributed by atoms with Crippen LogP contribution in [0, 0.1) is 23.2 Å². The Morgan fingerprint density at radius 3 is 2.67 bits per heavy atom. The fourth-order valence-corrected chi connectivity index (χ4v) is 7.07. The second kappa shape index (κ2) is 9.14. The van der Waals surface area contributed by atoms with Crippen LogP contribution in [-0.4, -0.2) is 63.5 Å². The first-order chi connectivity index (χ1) is 17.4. The Balaban J connectivity index is 1.23. The van der Waals surface area contributed by atoms with Gasteiger partial charge in [-0.3, -0.25) is 4.79 Å². The number of nitrogens with zero attached hydrogens (tertiary/aromatic N) is 6. The quantitative estimate of drug-likeness (QED) is 0.508. The predicted octanol–water partition coefficient (Wildman–Crippen LogP) is 4.38. The average molecular weight is 507 g/mol. The van der Waals surface area contributed by atoms with Crippen molar-refractivity contribution in [2.45, 2.75) is 40.0 Å². The number of rotatable bonds is 6. The summed E-state index contributed by atoms with van der Waals surface area (Å²) in [5.74, 6) is 4.19. The van der Waals surface area contributed by atoms with Crippen LogP contribution in [-0.2, 0) is 4.79 Å². The molecule has 2 unspecified atom stereocenters. The molecule has 2 bridgehead atoms. The van der Waals surface area contributed by atoms with Gasteiger partial charge in [0, 0.05) is 45.3 Å². The van der Waals surface area contributed by atoms with Gasteiger partial charge < -0.3 is 20.4 Å². The summed E-state index contributed by atoms with van der Waals surface area (Å²) in [5.41, 5.74) is 4.22. The van der Waals surface area contributed by atoms with E-state index >= 15 is 0 Å². The number of fused-ring (bicyclic) bond motifs is 3. The second-order valence-electron chi connectivity index (χ2n) is 11.0. The smallest absolute Gasteiger partial charge is 0.233 e. The topological polar surface area (TPSA) is 99.2 Å². The Morgan fingerprint density at radius 2 is 1.92 bits per heavy atom. The van der Waals surface area contributed by atoms with Crippen LogP contribution in [0.1, 0.15) is 40.0 Å². The van der Waals surface area contributed by atoms with Crippen molar-refractivity contribution in [3.8, 4) is 0 Å². The molecule has 4 aliphatic rings. The highest BCUT2D eigenvalue weighted by atomic mass is 32.1. The van der Waals surface area contributed by atoms with Crippen molar-refractivity contribution in [1.29, 1.82) is 0 Å². The van der Waals surface area contributed by atoms with Gasteiger partial charge >= 0.3 is 0 Å². The van der Waals surface area contributed by atoms with E-state index in [9.17, 15) is 4.79 Å². The number of anilines is 4. The third-order valence-corrected chi connectivity index (χ3v) is 9.53. The molecule has 1 aliphatic heterocycles. The van der Waals surface area contributed by atoms with Gasteiger partial charge in [0.1, 0.15) is 0 Å². The van der Waals surface area contributed by atoms with Crippen LogP contribution in [0.5, 0.6) is 0 Å². The molecule has 7 rings (SSSR count). The molecule has 1 aromatic carbocycles. The molecule has 3 heterocycles. The largest absolute Gasteiger partial charge is 0.354 e. The summed E-state index contributed by atoms with van der Waals surface area (Å²) in [5, 5.41) is 6.95. The number of hydrogen-bond donors (Lipinski definition) is 2. The van der Waals surface area contributed by atoms with Crippen molar-refractivity contribution in [3.63, 3.8) is 0 Å². The Morgan fingerprint density at radius 1 is 1.11 bits per heavy atom. The van der Waals surface area contributed by atoms with Crippen LogP contribution in [0.4, 0.5) is 23.5 Å². The van der Waals surface area contributed by atoms with Crippen LogP contribution in [0.25, 0.3) is 10.2 Å². The zero-order chi connectivity index (χ0) is 24.9. The Labute approximate surface area is 215 Å². The molecule has 3 saturated carbocycles. The van der Waals surface area contributed by atoms with E-state index in [1.165, 1.54) is 19.3 Å². The Kier molecular flexibility index (Phi) is 5.94. The lowest BCUT2D eigenvalue weighted by atomic mass is 9.45. The molecule has 3 aliphatic carbocycles. The monoisotopic (exact) mass is 506 g/mol. The van der Waals surface area contributed by atoms with E-state index in [0.717, 1.165) is 34.3 Å². The molecule has 1 amide bonds. The van der Waals surface area contributed by atoms with Gasteiger partial charge in [-0.15, -0.1) is 11.3 Å². The van der Waals surface area contributed by atoms with Gasteiger partial charge in [-0.05, 0) is 60.6 Å². The molecule has 2 aromatic heterocycles. The number of benzene rings is 1. The lowest BCUT2D eigenvalue weighted by Crippen LogP contribution is -2.53. The van der Waals surface area contributed by atoms with Crippen LogP contribution >= 0.6 is 11.3 Å². The zero-order valence-electron chi connectivity index (χ0n) is 21.2. The number of aromatic nitrogens is 4. The molecule has 36 heavy (non-hydrogen) atoms. The standard InChI is InChI=1S/C26H34N8OS/c1-16(35)33-8-10-34(11-9-33)25-31-23(27-14-17-4-5-18-12-20(17)26(18,2)3)30-24(32-25)29-19-6-7-21-22(13-19)36-15-28-21/h6-7,13,15,17-18,20H,4-5,8-12,14H2,1-3H3,(H2,27,29,30,31,32)/t17?,18?,20-/m0/s1. The SMILES string of the molecule is CC(=O)N1CCN(c2nc(NCC3CCC4C[C@@H]3C4(C)C)nc(Nc3ccc4ncsc4c3)n2)CC1. The molecular weight excluding hydrogens is 472 g/mol. The van der Waals surface area contributed by atoms with Gasteiger partial charge in [0.25, 0.3) is 0 Å². The summed E-state index contributed by atoms with van der Waals surface area (Å²) in [4.78, 5) is 34.5. The molecule has 9 nitrogen and oxygen atoms in total. The number of amides is 1. The summed E-state index contributed by atoms with van der Waals surface area (Å²) in [6, 6.07) is 6.08. The van der Waals surface area contributed by atoms with Gasteiger partial charge in [-0.25, -0.2) is 4.98 Å². The van der Waals surface area contributed by atoms with Crippen LogP contribution in [0.2, 0.25) is 0 Å². The molecule has 2 N–H and O–H groups in total. The molecule has 3 atom stereocenters. The summed E-state index contributed by atoms with van der Waals surface area (Å²) < 4.78 is 1.12. The van der Waals surface area contributed by atoms with Gasteiger partial charge in [0.15, 0.2) is 0 Å². The number of piperazine rings is 1. The normalized spacial score (nSPS) is 24.9. The van der Waals surface area contributed by atoms with Crippen molar-refractivity contribution < 1.29 is 4.79 Å². The second-order valence-corrected chi connectivity index (χ2v) is 11.9. The average Bonchev–Trinajstić information content (AvgIpc) is 3.35. The molecule has 190 valence electrons. The lowest BCUT2D eigenvalue weighted by Gasteiger charge is -2.60. The van der Waals surface area contributed by atoms with Crippen molar-refractivity contribution in [2.24, 2.45) is 23.2 Å². The number of nitrogens with one attached hydrogen (secondary N) is 2. The highest BCUT2D eigenvalue weighted by molar-refractivity contribution is 7.16. The number of hydrogen-bond acceptors (Lipinski definition) is 9. The summed E-state index contributed by atoms with van der Waals surface area (Å²) in [7, 11) is 0. The molecule has 4 fully saturated rings. The number of thiazole rings is 1. The summed E-state index contributed by atoms with van der Waals surface area (Å²) >= 11 is 1.61. The van der Waals surface area contributed by atoms with Crippen LogP contribution in [0.3, 0.4) is 0 Å². The van der Waals surface area contributed by atoms with Crippen molar-refractivity contribution in [2.75, 3.05) is 48.3 Å². The maximum absolute atomic E-state index is 11.8. The number of carbonyl (C=O) groups is 1. The molecule has 3 aromatic rings. The van der Waals surface area contributed by atoms with E-state index in [2.05, 4.69) is 40.4 Å². The maximum Gasteiger partial charge on any atom is 0.233 e. The zero-order valence-corrected chi connectivity index (χ0v) is 22.0. The summed E-state index contributed by atoms with van der Waals surface area (Å²) in [6.07, 6.45) is 3.96. The lowest BCUT2D eigenvalue weighted by molar-refractivity contribution is -0.129. The number of carbonyl (C=O) groups excluding carboxylic acids is 1. The summed E-state index contributed by atoms with van der Waals surface area (Å²) in [6.45, 7) is 10.1. The Hall–Kier alpha value is -3.01. The molecule has 0 spiro atoms. The fourth-order valence-electron chi connectivity index (χ4n) is 6.35. The minimum atomic E-state index is 0.113. The minimum Gasteiger partial charge on any atom is -0.354 e. The van der Waals surface area contributed by atoms with E-state index in [1.807, 2.05) is 22.5 Å². The van der Waals surface area contributed by atoms with Gasteiger partial charge in [0.05, 0.1) is 15.7 Å². The predicted molar refractivity (Wildman–Crippen MR) is 144 cm³/mol. The third kappa shape index (κ3) is 4.36. The first kappa shape index (κ1) is 23.4. The van der Waals surface area contributed by atoms with Gasteiger partial charge in [-0.1, -0.05) is 13.8 Å². The van der Waals surface area contributed by atoms with E-state index < -0.39 is 0 Å². The molecular formula is C26H34N8OS. The maximum atomic E-state index is 11.8. The third-order valence-electron chi connectivity index (χ3n) is 8.74. The van der Waals surface area contributed by atoms with E-state index in [-0.39, 0.29) is 5.91 Å². The van der Waals surface area contributed by atoms with Crippen molar-refractivity contribution in [3.05, 3.63) is 23.7 Å². The van der Waals surface area contributed by atoms with Crippen LogP contribution in [0.15, 0.2) is 23.7 Å². The van der Waals surface area contributed by atoms with E-state index in [0.29, 0.717) is 55.4 Å². The van der Waals surface area contributed by atoms with Crippen LogP contribution < -0.4 is 15.5 Å². The highest BCUT2D eigenvalue weighted by Crippen LogP contribution is 2.61. The Bertz CT molecular complexity index is 1270. The fraction of sp³-hybridized carbons (Fsp3) is 0.577. The first-order valence-electron chi connectivity index (χ1n) is 13.0. The molecule has 10 heteroatoms. The van der Waals surface area contributed by atoms with E-state index in [4.69, 9.17) is 15.0 Å². The molecule has 1 saturated heterocycles. The van der Waals surface area contributed by atoms with Crippen molar-refractivity contribution in [1.82, 2.24) is 24.8 Å². The van der Waals surface area contributed by atoms with E-state index in [1.54, 1.807) is 18.3 Å². The van der Waals surface area contributed by atoms with Gasteiger partial charge in [0.2, 0.25) is 23.8 Å².